The van der Waals surface area contributed by atoms with E-state index in [1.165, 1.54) is 0 Å². The molecule has 0 aromatic carbocycles. The van der Waals surface area contributed by atoms with Crippen LogP contribution in [-0.4, -0.2) is 17.9 Å². The zero-order chi connectivity index (χ0) is 13.7. The number of Topliss-reactive ketones (excluding diaryl/α,β-unsaturated/α-hetero) is 1. The molecule has 0 spiro atoms. The molecule has 0 aromatic rings. The minimum atomic E-state index is -0.513. The number of ketones is 1. The Morgan fingerprint density at radius 3 is 2.44 bits per heavy atom. The standard InChI is InChI=1S/C15H22O3/c1-6-9(2)13(17)18-12-8-10-7-11(16)15(12,5)14(10,3)4/h6,10,12H,7-8H2,1-5H3/b9-6-/t10-,12-,15+/m0/s1. The van der Waals surface area contributed by atoms with Gasteiger partial charge in [-0.2, -0.15) is 0 Å². The van der Waals surface area contributed by atoms with E-state index >= 15 is 0 Å². The molecule has 0 radical (unpaired) electrons. The van der Waals surface area contributed by atoms with E-state index in [0.29, 0.717) is 17.9 Å². The quantitative estimate of drug-likeness (QED) is 0.559. The molecule has 3 atom stereocenters. The van der Waals surface area contributed by atoms with E-state index in [-0.39, 0.29) is 23.3 Å². The first-order chi connectivity index (χ1) is 8.25. The zero-order valence-corrected chi connectivity index (χ0v) is 11.9. The monoisotopic (exact) mass is 250 g/mol. The summed E-state index contributed by atoms with van der Waals surface area (Å²) in [6, 6.07) is 0. The van der Waals surface area contributed by atoms with Gasteiger partial charge in [0.2, 0.25) is 0 Å². The Bertz CT molecular complexity index is 433. The Morgan fingerprint density at radius 1 is 1.39 bits per heavy atom. The fourth-order valence-electron chi connectivity index (χ4n) is 3.45. The van der Waals surface area contributed by atoms with Crippen LogP contribution in [0.15, 0.2) is 11.6 Å². The summed E-state index contributed by atoms with van der Waals surface area (Å²) in [4.78, 5) is 24.1. The topological polar surface area (TPSA) is 43.4 Å². The van der Waals surface area contributed by atoms with Crippen molar-refractivity contribution in [3.8, 4) is 0 Å². The van der Waals surface area contributed by atoms with Crippen molar-refractivity contribution in [1.29, 1.82) is 0 Å². The number of hydrogen-bond donors (Lipinski definition) is 0. The maximum Gasteiger partial charge on any atom is 0.333 e. The third-order valence-electron chi connectivity index (χ3n) is 5.52. The highest BCUT2D eigenvalue weighted by atomic mass is 16.5. The molecule has 0 N–H and O–H groups in total. The lowest BCUT2D eigenvalue weighted by Crippen LogP contribution is -2.44. The van der Waals surface area contributed by atoms with Crippen LogP contribution in [-0.2, 0) is 14.3 Å². The molecule has 2 bridgehead atoms. The van der Waals surface area contributed by atoms with E-state index < -0.39 is 5.41 Å². The van der Waals surface area contributed by atoms with E-state index in [1.54, 1.807) is 13.0 Å². The third kappa shape index (κ3) is 1.49. The lowest BCUT2D eigenvalue weighted by atomic mass is 9.69. The van der Waals surface area contributed by atoms with Crippen molar-refractivity contribution in [2.45, 2.75) is 53.6 Å². The van der Waals surface area contributed by atoms with E-state index in [9.17, 15) is 9.59 Å². The third-order valence-corrected chi connectivity index (χ3v) is 5.52. The van der Waals surface area contributed by atoms with Gasteiger partial charge in [0.15, 0.2) is 0 Å². The Balaban J connectivity index is 2.24. The summed E-state index contributed by atoms with van der Waals surface area (Å²) in [6.45, 7) is 9.77. The van der Waals surface area contributed by atoms with Crippen LogP contribution in [0.25, 0.3) is 0 Å². The van der Waals surface area contributed by atoms with Gasteiger partial charge in [0, 0.05) is 12.0 Å². The van der Waals surface area contributed by atoms with Crippen molar-refractivity contribution in [3.63, 3.8) is 0 Å². The SMILES string of the molecule is C/C=C(/C)C(=O)O[C@H]1C[C@@H]2CC(=O)[C@@]1(C)C2(C)C. The normalized spacial score (nSPS) is 38.1. The van der Waals surface area contributed by atoms with Crippen molar-refractivity contribution in [2.75, 3.05) is 0 Å². The van der Waals surface area contributed by atoms with Gasteiger partial charge in [-0.25, -0.2) is 4.79 Å². The number of ether oxygens (including phenoxy) is 1. The molecule has 18 heavy (non-hydrogen) atoms. The van der Waals surface area contributed by atoms with E-state index in [2.05, 4.69) is 13.8 Å². The fourth-order valence-corrected chi connectivity index (χ4v) is 3.45. The average molecular weight is 250 g/mol. The zero-order valence-electron chi connectivity index (χ0n) is 11.9. The van der Waals surface area contributed by atoms with Crippen molar-refractivity contribution in [3.05, 3.63) is 11.6 Å². The maximum absolute atomic E-state index is 12.2. The number of esters is 1. The van der Waals surface area contributed by atoms with Gasteiger partial charge in [0.05, 0.1) is 5.41 Å². The Hall–Kier alpha value is -1.12. The van der Waals surface area contributed by atoms with Gasteiger partial charge in [-0.1, -0.05) is 19.9 Å². The van der Waals surface area contributed by atoms with Crippen LogP contribution >= 0.6 is 0 Å². The summed E-state index contributed by atoms with van der Waals surface area (Å²) in [6.07, 6.45) is 2.93. The molecule has 0 aliphatic heterocycles. The Labute approximate surface area is 109 Å². The van der Waals surface area contributed by atoms with Gasteiger partial charge in [-0.3, -0.25) is 4.79 Å². The smallest absolute Gasteiger partial charge is 0.333 e. The van der Waals surface area contributed by atoms with Crippen LogP contribution in [0.1, 0.15) is 47.5 Å². The minimum absolute atomic E-state index is 0.0706. The van der Waals surface area contributed by atoms with Gasteiger partial charge >= 0.3 is 5.97 Å². The number of carbonyl (C=O) groups excluding carboxylic acids is 2. The van der Waals surface area contributed by atoms with Crippen molar-refractivity contribution in [2.24, 2.45) is 16.7 Å². The van der Waals surface area contributed by atoms with Crippen LogP contribution in [0.2, 0.25) is 0 Å². The Kier molecular flexibility index (Phi) is 2.91. The van der Waals surface area contributed by atoms with Crippen molar-refractivity contribution in [1.82, 2.24) is 0 Å². The van der Waals surface area contributed by atoms with E-state index in [0.717, 1.165) is 6.42 Å². The van der Waals surface area contributed by atoms with E-state index in [1.807, 2.05) is 13.8 Å². The second-order valence-corrected chi connectivity index (χ2v) is 6.35. The molecule has 2 fully saturated rings. The molecule has 100 valence electrons. The fraction of sp³-hybridized carbons (Fsp3) is 0.733. The van der Waals surface area contributed by atoms with Gasteiger partial charge in [-0.15, -0.1) is 0 Å². The number of allylic oxidation sites excluding steroid dienone is 1. The average Bonchev–Trinajstić information content (AvgIpc) is 2.59. The minimum Gasteiger partial charge on any atom is -0.458 e. The molecule has 3 heteroatoms. The summed E-state index contributed by atoms with van der Waals surface area (Å²) < 4.78 is 5.58. The second-order valence-electron chi connectivity index (χ2n) is 6.35. The molecule has 2 saturated carbocycles. The second kappa shape index (κ2) is 3.94. The molecular weight excluding hydrogens is 228 g/mol. The highest BCUT2D eigenvalue weighted by Crippen LogP contribution is 2.64. The molecule has 3 nitrogen and oxygen atoms in total. The molecule has 2 rings (SSSR count). The van der Waals surface area contributed by atoms with Crippen LogP contribution < -0.4 is 0 Å². The largest absolute Gasteiger partial charge is 0.458 e. The van der Waals surface area contributed by atoms with Crippen molar-refractivity contribution >= 4 is 11.8 Å². The molecule has 0 unspecified atom stereocenters. The lowest BCUT2D eigenvalue weighted by molar-refractivity contribution is -0.156. The highest BCUT2D eigenvalue weighted by Gasteiger charge is 2.67. The van der Waals surface area contributed by atoms with Crippen molar-refractivity contribution < 1.29 is 14.3 Å². The highest BCUT2D eigenvalue weighted by molar-refractivity contribution is 5.92. The first-order valence-electron chi connectivity index (χ1n) is 6.62. The van der Waals surface area contributed by atoms with Crippen LogP contribution in [0.3, 0.4) is 0 Å². The predicted molar refractivity (Wildman–Crippen MR) is 68.9 cm³/mol. The maximum atomic E-state index is 12.2. The van der Waals surface area contributed by atoms with Crippen LogP contribution in [0.4, 0.5) is 0 Å². The van der Waals surface area contributed by atoms with Crippen LogP contribution in [0.5, 0.6) is 0 Å². The first-order valence-corrected chi connectivity index (χ1v) is 6.62. The molecule has 0 heterocycles. The van der Waals surface area contributed by atoms with Gasteiger partial charge in [0.1, 0.15) is 11.9 Å². The summed E-state index contributed by atoms with van der Waals surface area (Å²) >= 11 is 0. The molecule has 2 aliphatic carbocycles. The Morgan fingerprint density at radius 2 is 2.00 bits per heavy atom. The van der Waals surface area contributed by atoms with Crippen LogP contribution in [0, 0.1) is 16.7 Å². The number of hydrogen-bond acceptors (Lipinski definition) is 3. The summed E-state index contributed by atoms with van der Waals surface area (Å²) in [5, 5.41) is 0. The van der Waals surface area contributed by atoms with Gasteiger partial charge in [-0.05, 0) is 38.5 Å². The number of rotatable bonds is 2. The molecule has 2 aliphatic rings. The summed E-state index contributed by atoms with van der Waals surface area (Å²) in [7, 11) is 0. The van der Waals surface area contributed by atoms with Gasteiger partial charge in [0.25, 0.3) is 0 Å². The number of fused-ring (bicyclic) bond motifs is 2. The first kappa shape index (κ1) is 13.3. The lowest BCUT2D eigenvalue weighted by Gasteiger charge is -2.36. The van der Waals surface area contributed by atoms with Gasteiger partial charge < -0.3 is 4.74 Å². The summed E-state index contributed by atoms with van der Waals surface area (Å²) in [5.74, 6) is 0.304. The molecular formula is C15H22O3. The molecule has 0 amide bonds. The van der Waals surface area contributed by atoms with E-state index in [4.69, 9.17) is 4.74 Å². The molecule has 0 aromatic heterocycles. The predicted octanol–water partition coefficient (Wildman–Crippen LogP) is 2.89. The number of carbonyl (C=O) groups is 2. The molecule has 0 saturated heterocycles. The summed E-state index contributed by atoms with van der Waals surface area (Å²) in [5.41, 5.74) is 0.0202.